The van der Waals surface area contributed by atoms with Crippen LogP contribution in [0.3, 0.4) is 0 Å². The molecule has 0 saturated heterocycles. The highest BCUT2D eigenvalue weighted by molar-refractivity contribution is 9.10. The molecule has 0 amide bonds. The molecule has 0 bridgehead atoms. The number of hydrogen-bond acceptors (Lipinski definition) is 3. The van der Waals surface area contributed by atoms with E-state index in [0.29, 0.717) is 0 Å². The third kappa shape index (κ3) is 3.11. The molecule has 3 nitrogen and oxygen atoms in total. The van der Waals surface area contributed by atoms with Gasteiger partial charge >= 0.3 is 0 Å². The van der Waals surface area contributed by atoms with Crippen LogP contribution in [0, 0.1) is 0 Å². The summed E-state index contributed by atoms with van der Waals surface area (Å²) in [6.07, 6.45) is 10.4. The largest absolute Gasteiger partial charge is 0.377 e. The van der Waals surface area contributed by atoms with Gasteiger partial charge in [-0.1, -0.05) is 19.3 Å². The van der Waals surface area contributed by atoms with Gasteiger partial charge in [-0.05, 0) is 46.8 Å². The average Bonchev–Trinajstić information content (AvgIpc) is 2.39. The maximum absolute atomic E-state index is 6.41. The summed E-state index contributed by atoms with van der Waals surface area (Å²) in [6, 6.07) is 2.12. The second kappa shape index (κ2) is 6.13. The Morgan fingerprint density at radius 2 is 2.11 bits per heavy atom. The van der Waals surface area contributed by atoms with Crippen molar-refractivity contribution in [3.8, 4) is 0 Å². The topological polar surface area (TPSA) is 48.1 Å². The zero-order chi connectivity index (χ0) is 13.0. The molecule has 0 radical (unpaired) electrons. The molecule has 100 valence electrons. The minimum atomic E-state index is -0.138. The van der Waals surface area contributed by atoms with Crippen molar-refractivity contribution < 1.29 is 4.74 Å². The minimum Gasteiger partial charge on any atom is -0.377 e. The standard InChI is InChI=1S/C14H21BrN2O/c1-18-14(5-3-2-4-6-14)13(16)8-11-7-12(15)10-17-9-11/h7,9-10,13H,2-6,8,16H2,1H3. The van der Waals surface area contributed by atoms with Crippen LogP contribution in [-0.4, -0.2) is 23.7 Å². The highest BCUT2D eigenvalue weighted by Gasteiger charge is 2.37. The van der Waals surface area contributed by atoms with Crippen molar-refractivity contribution in [2.24, 2.45) is 5.73 Å². The van der Waals surface area contributed by atoms with Gasteiger partial charge < -0.3 is 10.5 Å². The van der Waals surface area contributed by atoms with Crippen LogP contribution in [0.4, 0.5) is 0 Å². The van der Waals surface area contributed by atoms with E-state index in [1.165, 1.54) is 24.8 Å². The summed E-state index contributed by atoms with van der Waals surface area (Å²) in [5.41, 5.74) is 7.44. The number of ether oxygens (including phenoxy) is 1. The van der Waals surface area contributed by atoms with Crippen molar-refractivity contribution in [1.82, 2.24) is 4.98 Å². The monoisotopic (exact) mass is 312 g/mol. The maximum Gasteiger partial charge on any atom is 0.0832 e. The molecule has 18 heavy (non-hydrogen) atoms. The van der Waals surface area contributed by atoms with Gasteiger partial charge in [0.1, 0.15) is 0 Å². The highest BCUT2D eigenvalue weighted by Crippen LogP contribution is 2.34. The molecule has 1 aromatic heterocycles. The number of halogens is 1. The van der Waals surface area contributed by atoms with Crippen molar-refractivity contribution in [3.05, 3.63) is 28.5 Å². The fourth-order valence-electron chi connectivity index (χ4n) is 2.88. The van der Waals surface area contributed by atoms with Crippen LogP contribution >= 0.6 is 15.9 Å². The van der Waals surface area contributed by atoms with Crippen LogP contribution < -0.4 is 5.73 Å². The predicted octanol–water partition coefficient (Wildman–Crippen LogP) is 3.06. The second-order valence-corrected chi connectivity index (χ2v) is 6.07. The fraction of sp³-hybridized carbons (Fsp3) is 0.643. The normalized spacial score (nSPS) is 20.6. The third-order valence-electron chi connectivity index (χ3n) is 4.00. The molecule has 1 unspecified atom stereocenters. The molecule has 1 atom stereocenters. The number of hydrogen-bond donors (Lipinski definition) is 1. The summed E-state index contributed by atoms with van der Waals surface area (Å²) in [5, 5.41) is 0. The van der Waals surface area contributed by atoms with Crippen LogP contribution in [0.15, 0.2) is 22.9 Å². The van der Waals surface area contributed by atoms with E-state index in [4.69, 9.17) is 10.5 Å². The molecule has 1 aliphatic rings. The van der Waals surface area contributed by atoms with Gasteiger partial charge in [-0.3, -0.25) is 4.98 Å². The van der Waals surface area contributed by atoms with Gasteiger partial charge in [-0.25, -0.2) is 0 Å². The Labute approximate surface area is 117 Å². The zero-order valence-corrected chi connectivity index (χ0v) is 12.4. The number of nitrogens with zero attached hydrogens (tertiary/aromatic N) is 1. The highest BCUT2D eigenvalue weighted by atomic mass is 79.9. The van der Waals surface area contributed by atoms with Gasteiger partial charge in [-0.15, -0.1) is 0 Å². The van der Waals surface area contributed by atoms with E-state index in [0.717, 1.165) is 23.7 Å². The summed E-state index contributed by atoms with van der Waals surface area (Å²) in [5.74, 6) is 0. The summed E-state index contributed by atoms with van der Waals surface area (Å²) in [4.78, 5) is 4.19. The van der Waals surface area contributed by atoms with Gasteiger partial charge in [0.2, 0.25) is 0 Å². The predicted molar refractivity (Wildman–Crippen MR) is 76.4 cm³/mol. The van der Waals surface area contributed by atoms with E-state index in [-0.39, 0.29) is 11.6 Å². The molecule has 1 heterocycles. The van der Waals surface area contributed by atoms with Crippen LogP contribution in [0.25, 0.3) is 0 Å². The molecule has 4 heteroatoms. The van der Waals surface area contributed by atoms with Crippen LogP contribution in [0.1, 0.15) is 37.7 Å². The van der Waals surface area contributed by atoms with E-state index < -0.39 is 0 Å². The van der Waals surface area contributed by atoms with Crippen LogP contribution in [0.2, 0.25) is 0 Å². The fourth-order valence-corrected chi connectivity index (χ4v) is 3.30. The smallest absolute Gasteiger partial charge is 0.0832 e. The van der Waals surface area contributed by atoms with Gasteiger partial charge in [0, 0.05) is 30.0 Å². The van der Waals surface area contributed by atoms with Crippen molar-refractivity contribution in [1.29, 1.82) is 0 Å². The SMILES string of the molecule is COC1(C(N)Cc2cncc(Br)c2)CCCCC1. The van der Waals surface area contributed by atoms with E-state index in [1.807, 2.05) is 6.20 Å². The first kappa shape index (κ1) is 14.0. The average molecular weight is 313 g/mol. The summed E-state index contributed by atoms with van der Waals surface area (Å²) < 4.78 is 6.79. The van der Waals surface area contributed by atoms with E-state index in [2.05, 4.69) is 27.0 Å². The van der Waals surface area contributed by atoms with Crippen molar-refractivity contribution in [3.63, 3.8) is 0 Å². The molecule has 0 spiro atoms. The summed E-state index contributed by atoms with van der Waals surface area (Å²) >= 11 is 3.44. The first-order valence-corrected chi connectivity index (χ1v) is 7.36. The lowest BCUT2D eigenvalue weighted by molar-refractivity contribution is -0.0582. The van der Waals surface area contributed by atoms with Crippen LogP contribution in [-0.2, 0) is 11.2 Å². The van der Waals surface area contributed by atoms with E-state index in [9.17, 15) is 0 Å². The summed E-state index contributed by atoms with van der Waals surface area (Å²) in [7, 11) is 1.80. The molecule has 1 aromatic rings. The molecule has 2 rings (SSSR count). The minimum absolute atomic E-state index is 0.0406. The second-order valence-electron chi connectivity index (χ2n) is 5.15. The van der Waals surface area contributed by atoms with Gasteiger partial charge in [-0.2, -0.15) is 0 Å². The number of nitrogens with two attached hydrogens (primary N) is 1. The Morgan fingerprint density at radius 3 is 2.72 bits per heavy atom. The Hall–Kier alpha value is -0.450. The van der Waals surface area contributed by atoms with Gasteiger partial charge in [0.25, 0.3) is 0 Å². The number of pyridine rings is 1. The number of rotatable bonds is 4. The molecular weight excluding hydrogens is 292 g/mol. The quantitative estimate of drug-likeness (QED) is 0.929. The molecule has 1 fully saturated rings. The third-order valence-corrected chi connectivity index (χ3v) is 4.43. The lowest BCUT2D eigenvalue weighted by Crippen LogP contribution is -2.51. The first-order valence-electron chi connectivity index (χ1n) is 6.56. The maximum atomic E-state index is 6.41. The molecule has 0 aliphatic heterocycles. The molecular formula is C14H21BrN2O. The van der Waals surface area contributed by atoms with Crippen molar-refractivity contribution in [2.45, 2.75) is 50.2 Å². The Morgan fingerprint density at radius 1 is 1.39 bits per heavy atom. The zero-order valence-electron chi connectivity index (χ0n) is 10.9. The number of aromatic nitrogens is 1. The molecule has 0 aromatic carbocycles. The molecule has 1 aliphatic carbocycles. The Balaban J connectivity index is 2.07. The van der Waals surface area contributed by atoms with Gasteiger partial charge in [0.05, 0.1) is 5.60 Å². The Kier molecular flexibility index (Phi) is 4.76. The number of methoxy groups -OCH3 is 1. The van der Waals surface area contributed by atoms with E-state index >= 15 is 0 Å². The lowest BCUT2D eigenvalue weighted by atomic mass is 9.77. The Bertz CT molecular complexity index is 391. The van der Waals surface area contributed by atoms with Gasteiger partial charge in [0.15, 0.2) is 0 Å². The van der Waals surface area contributed by atoms with Crippen molar-refractivity contribution in [2.75, 3.05) is 7.11 Å². The summed E-state index contributed by atoms with van der Waals surface area (Å²) in [6.45, 7) is 0. The van der Waals surface area contributed by atoms with E-state index in [1.54, 1.807) is 13.3 Å². The lowest BCUT2D eigenvalue weighted by Gasteiger charge is -2.40. The molecule has 2 N–H and O–H groups in total. The van der Waals surface area contributed by atoms with Crippen LogP contribution in [0.5, 0.6) is 0 Å². The molecule has 1 saturated carbocycles. The first-order chi connectivity index (χ1) is 8.66. The van der Waals surface area contributed by atoms with Crippen molar-refractivity contribution >= 4 is 15.9 Å².